The quantitative estimate of drug-likeness (QED) is 0.542. The first-order chi connectivity index (χ1) is 9.86. The number of hydrogen-bond acceptors (Lipinski definition) is 5. The topological polar surface area (TPSA) is 80.3 Å². The fourth-order valence-electron chi connectivity index (χ4n) is 1.63. The second-order valence-electron chi connectivity index (χ2n) is 5.33. The monoisotopic (exact) mass is 306 g/mol. The first-order valence-corrected chi connectivity index (χ1v) is 7.24. The Labute approximate surface area is 127 Å². The Morgan fingerprint density at radius 2 is 1.90 bits per heavy atom. The van der Waals surface area contributed by atoms with Gasteiger partial charge in [-0.05, 0) is 20.8 Å². The average molecular weight is 306 g/mol. The molecule has 7 heteroatoms. The van der Waals surface area contributed by atoms with Crippen molar-refractivity contribution in [3.05, 3.63) is 0 Å². The molecular formula is C14H30N2O5. The van der Waals surface area contributed by atoms with E-state index in [0.29, 0.717) is 19.8 Å². The maximum atomic E-state index is 11.8. The maximum absolute atomic E-state index is 11.8. The summed E-state index contributed by atoms with van der Waals surface area (Å²) in [5, 5.41) is 12.6. The summed E-state index contributed by atoms with van der Waals surface area (Å²) in [6.45, 7) is 7.50. The van der Waals surface area contributed by atoms with Crippen molar-refractivity contribution >= 4 is 6.03 Å². The van der Waals surface area contributed by atoms with E-state index in [2.05, 4.69) is 5.32 Å². The number of urea groups is 1. The molecule has 126 valence electrons. The lowest BCUT2D eigenvalue weighted by Crippen LogP contribution is -2.46. The summed E-state index contributed by atoms with van der Waals surface area (Å²) in [5.74, 6) is 0. The zero-order chi connectivity index (χ0) is 16.3. The normalized spacial score (nSPS) is 14.0. The van der Waals surface area contributed by atoms with Crippen LogP contribution in [0.5, 0.6) is 0 Å². The molecule has 0 rings (SSSR count). The summed E-state index contributed by atoms with van der Waals surface area (Å²) in [7, 11) is 3.20. The summed E-state index contributed by atoms with van der Waals surface area (Å²) in [5.41, 5.74) is 0. The maximum Gasteiger partial charge on any atom is 0.317 e. The van der Waals surface area contributed by atoms with Crippen molar-refractivity contribution in [2.45, 2.75) is 39.0 Å². The van der Waals surface area contributed by atoms with Crippen LogP contribution in [0.4, 0.5) is 4.79 Å². The van der Waals surface area contributed by atoms with E-state index in [1.165, 1.54) is 4.90 Å². The highest BCUT2D eigenvalue weighted by Gasteiger charge is 2.15. The number of rotatable bonds is 11. The minimum atomic E-state index is -0.725. The fraction of sp³-hybridized carbons (Fsp3) is 0.929. The van der Waals surface area contributed by atoms with Gasteiger partial charge in [-0.3, -0.25) is 0 Å². The van der Waals surface area contributed by atoms with Crippen LogP contribution < -0.4 is 5.32 Å². The van der Waals surface area contributed by atoms with Gasteiger partial charge >= 0.3 is 6.03 Å². The van der Waals surface area contributed by atoms with Gasteiger partial charge in [-0.25, -0.2) is 4.79 Å². The summed E-state index contributed by atoms with van der Waals surface area (Å²) >= 11 is 0. The lowest BCUT2D eigenvalue weighted by Gasteiger charge is -2.23. The largest absolute Gasteiger partial charge is 0.389 e. The molecule has 0 aliphatic heterocycles. The minimum absolute atomic E-state index is 0.0773. The minimum Gasteiger partial charge on any atom is -0.389 e. The molecule has 0 bridgehead atoms. The van der Waals surface area contributed by atoms with Crippen molar-refractivity contribution < 1.29 is 24.1 Å². The number of nitrogens with zero attached hydrogens (tertiary/aromatic N) is 1. The van der Waals surface area contributed by atoms with Crippen LogP contribution in [0.3, 0.4) is 0 Å². The molecule has 2 N–H and O–H groups in total. The number of nitrogens with one attached hydrogen (secondary N) is 1. The van der Waals surface area contributed by atoms with Crippen LogP contribution in [0.25, 0.3) is 0 Å². The van der Waals surface area contributed by atoms with Crippen LogP contribution in [0, 0.1) is 0 Å². The van der Waals surface area contributed by atoms with Crippen LogP contribution in [0.2, 0.25) is 0 Å². The summed E-state index contributed by atoms with van der Waals surface area (Å²) in [6, 6.07) is -0.326. The number of ether oxygens (including phenoxy) is 3. The zero-order valence-corrected chi connectivity index (χ0v) is 13.8. The number of methoxy groups -OCH3 is 1. The lowest BCUT2D eigenvalue weighted by atomic mass is 10.3. The molecule has 21 heavy (non-hydrogen) atoms. The Kier molecular flexibility index (Phi) is 11.2. The number of aliphatic hydroxyl groups is 1. The van der Waals surface area contributed by atoms with Gasteiger partial charge in [0.1, 0.15) is 0 Å². The molecule has 0 aliphatic carbocycles. The third-order valence-electron chi connectivity index (χ3n) is 2.61. The number of carbonyl (C=O) groups is 1. The molecular weight excluding hydrogens is 276 g/mol. The number of amides is 2. The van der Waals surface area contributed by atoms with Gasteiger partial charge in [-0.1, -0.05) is 0 Å². The van der Waals surface area contributed by atoms with Crippen LogP contribution in [-0.2, 0) is 14.2 Å². The standard InChI is InChI=1S/C14H30N2O5/c1-11(2)21-7-6-20-10-13(17)8-16(4)14(18)15-12(3)9-19-5/h11-13,17H,6-10H2,1-5H3,(H,15,18)/t12-,13+/m1/s1. The molecule has 0 unspecified atom stereocenters. The molecule has 2 amide bonds. The van der Waals surface area contributed by atoms with Crippen LogP contribution in [-0.4, -0.2) is 81.4 Å². The van der Waals surface area contributed by atoms with E-state index in [1.807, 2.05) is 20.8 Å². The molecule has 0 saturated heterocycles. The van der Waals surface area contributed by atoms with E-state index in [0.717, 1.165) is 0 Å². The lowest BCUT2D eigenvalue weighted by molar-refractivity contribution is -0.0148. The predicted octanol–water partition coefficient (Wildman–Crippen LogP) is 0.465. The number of hydrogen-bond donors (Lipinski definition) is 2. The molecule has 0 fully saturated rings. The molecule has 0 spiro atoms. The predicted molar refractivity (Wildman–Crippen MR) is 80.4 cm³/mol. The summed E-state index contributed by atoms with van der Waals surface area (Å²) in [4.78, 5) is 13.2. The number of aliphatic hydroxyl groups excluding tert-OH is 1. The molecule has 0 aromatic rings. The molecule has 0 radical (unpaired) electrons. The van der Waals surface area contributed by atoms with Crippen LogP contribution >= 0.6 is 0 Å². The Bertz CT molecular complexity index is 276. The molecule has 7 nitrogen and oxygen atoms in total. The van der Waals surface area contributed by atoms with E-state index in [4.69, 9.17) is 14.2 Å². The van der Waals surface area contributed by atoms with E-state index in [-0.39, 0.29) is 31.3 Å². The first kappa shape index (κ1) is 20.1. The molecule has 2 atom stereocenters. The smallest absolute Gasteiger partial charge is 0.317 e. The van der Waals surface area contributed by atoms with Gasteiger partial charge in [0.2, 0.25) is 0 Å². The molecule has 0 aromatic carbocycles. The fourth-order valence-corrected chi connectivity index (χ4v) is 1.63. The molecule has 0 aromatic heterocycles. The Morgan fingerprint density at radius 3 is 2.48 bits per heavy atom. The van der Waals surface area contributed by atoms with Crippen LogP contribution in [0.15, 0.2) is 0 Å². The average Bonchev–Trinajstić information content (AvgIpc) is 2.37. The van der Waals surface area contributed by atoms with Crippen molar-refractivity contribution in [2.75, 3.05) is 47.1 Å². The third-order valence-corrected chi connectivity index (χ3v) is 2.61. The highest BCUT2D eigenvalue weighted by atomic mass is 16.5. The van der Waals surface area contributed by atoms with E-state index >= 15 is 0 Å². The van der Waals surface area contributed by atoms with Gasteiger partial charge in [0.25, 0.3) is 0 Å². The first-order valence-electron chi connectivity index (χ1n) is 7.24. The van der Waals surface area contributed by atoms with Crippen molar-refractivity contribution in [2.24, 2.45) is 0 Å². The molecule has 0 heterocycles. The second-order valence-corrected chi connectivity index (χ2v) is 5.33. The number of carbonyl (C=O) groups excluding carboxylic acids is 1. The Hall–Kier alpha value is -0.890. The van der Waals surface area contributed by atoms with Crippen LogP contribution in [0.1, 0.15) is 20.8 Å². The summed E-state index contributed by atoms with van der Waals surface area (Å²) in [6.07, 6.45) is -0.556. The van der Waals surface area contributed by atoms with Gasteiger partial charge in [0.05, 0.1) is 51.2 Å². The Balaban J connectivity index is 3.77. The Morgan fingerprint density at radius 1 is 1.24 bits per heavy atom. The summed E-state index contributed by atoms with van der Waals surface area (Å²) < 4.78 is 15.6. The van der Waals surface area contributed by atoms with Crippen molar-refractivity contribution in [1.82, 2.24) is 10.2 Å². The van der Waals surface area contributed by atoms with Gasteiger partial charge in [-0.2, -0.15) is 0 Å². The molecule has 0 aliphatic rings. The van der Waals surface area contributed by atoms with Gasteiger partial charge in [0, 0.05) is 14.2 Å². The van der Waals surface area contributed by atoms with Gasteiger partial charge in [0.15, 0.2) is 0 Å². The van der Waals surface area contributed by atoms with Crippen molar-refractivity contribution in [3.8, 4) is 0 Å². The zero-order valence-electron chi connectivity index (χ0n) is 13.8. The van der Waals surface area contributed by atoms with Gasteiger partial charge < -0.3 is 29.5 Å². The molecule has 0 saturated carbocycles. The number of likely N-dealkylation sites (N-methyl/N-ethyl adjacent to an activating group) is 1. The van der Waals surface area contributed by atoms with E-state index < -0.39 is 6.10 Å². The van der Waals surface area contributed by atoms with Crippen molar-refractivity contribution in [3.63, 3.8) is 0 Å². The highest BCUT2D eigenvalue weighted by molar-refractivity contribution is 5.74. The van der Waals surface area contributed by atoms with Gasteiger partial charge in [-0.15, -0.1) is 0 Å². The van der Waals surface area contributed by atoms with Crippen molar-refractivity contribution in [1.29, 1.82) is 0 Å². The third kappa shape index (κ3) is 11.4. The van der Waals surface area contributed by atoms with E-state index in [9.17, 15) is 9.90 Å². The SMILES string of the molecule is COC[C@@H](C)NC(=O)N(C)C[C@H](O)COCCOC(C)C. The van der Waals surface area contributed by atoms with E-state index in [1.54, 1.807) is 14.2 Å². The second kappa shape index (κ2) is 11.7. The highest BCUT2D eigenvalue weighted by Crippen LogP contribution is 1.95.